The molecule has 0 saturated heterocycles. The molecule has 0 spiro atoms. The van der Waals surface area contributed by atoms with Gasteiger partial charge < -0.3 is 4.74 Å². The molecule has 0 aliphatic carbocycles. The third-order valence-electron chi connectivity index (χ3n) is 2.09. The highest BCUT2D eigenvalue weighted by Crippen LogP contribution is 2.23. The maximum Gasteiger partial charge on any atom is 0.372 e. The van der Waals surface area contributed by atoms with E-state index in [1.165, 1.54) is 26.2 Å². The fraction of sp³-hybridized carbons (Fsp3) is 0.182. The zero-order valence-corrected chi connectivity index (χ0v) is 8.79. The van der Waals surface area contributed by atoms with E-state index < -0.39 is 11.8 Å². The molecule has 0 bridgehead atoms. The Morgan fingerprint density at radius 1 is 1.44 bits per heavy atom. The van der Waals surface area contributed by atoms with Gasteiger partial charge in [0.15, 0.2) is 11.6 Å². The first-order valence-corrected chi connectivity index (χ1v) is 4.44. The Kier molecular flexibility index (Phi) is 3.99. The predicted molar refractivity (Wildman–Crippen MR) is 53.9 cm³/mol. The lowest BCUT2D eigenvalue weighted by atomic mass is 10.1. The highest BCUT2D eigenvalue weighted by molar-refractivity contribution is 5.86. The molecule has 0 N–H and O–H groups in total. The molecular weight excluding hydrogens is 218 g/mol. The second kappa shape index (κ2) is 5.25. The van der Waals surface area contributed by atoms with Crippen molar-refractivity contribution in [1.82, 2.24) is 0 Å². The minimum atomic E-state index is -1.14. The predicted octanol–water partition coefficient (Wildman–Crippen LogP) is 2.58. The van der Waals surface area contributed by atoms with Gasteiger partial charge in [0.25, 0.3) is 0 Å². The van der Waals surface area contributed by atoms with Crippen LogP contribution in [0.5, 0.6) is 5.75 Å². The van der Waals surface area contributed by atoms with Crippen molar-refractivity contribution in [3.63, 3.8) is 0 Å². The van der Waals surface area contributed by atoms with Crippen molar-refractivity contribution in [2.45, 2.75) is 6.92 Å². The summed E-state index contributed by atoms with van der Waals surface area (Å²) in [5.41, 5.74) is 0.756. The highest BCUT2D eigenvalue weighted by Gasteiger charge is 2.08. The van der Waals surface area contributed by atoms with Crippen LogP contribution in [0.1, 0.15) is 11.1 Å². The first kappa shape index (κ1) is 12.2. The van der Waals surface area contributed by atoms with Gasteiger partial charge in [-0.3, -0.25) is 4.94 Å². The van der Waals surface area contributed by atoms with E-state index in [4.69, 9.17) is 4.74 Å². The molecule has 16 heavy (non-hydrogen) atoms. The molecule has 3 nitrogen and oxygen atoms in total. The van der Waals surface area contributed by atoms with Crippen molar-refractivity contribution in [3.05, 3.63) is 35.2 Å². The molecule has 0 atom stereocenters. The molecule has 0 amide bonds. The number of carbonyl (C=O) groups is 1. The lowest BCUT2D eigenvalue weighted by molar-refractivity contribution is -0.176. The molecule has 1 rings (SSSR count). The summed E-state index contributed by atoms with van der Waals surface area (Å²) in [5, 5.41) is 0. The number of carbonyl (C=O) groups excluding carboxylic acids is 1. The summed E-state index contributed by atoms with van der Waals surface area (Å²) in [6, 6.07) is 2.97. The Morgan fingerprint density at radius 3 is 2.69 bits per heavy atom. The van der Waals surface area contributed by atoms with Gasteiger partial charge in [-0.25, -0.2) is 9.18 Å². The van der Waals surface area contributed by atoms with Crippen LogP contribution in [-0.2, 0) is 9.74 Å². The number of benzene rings is 1. The van der Waals surface area contributed by atoms with Crippen molar-refractivity contribution in [2.24, 2.45) is 0 Å². The summed E-state index contributed by atoms with van der Waals surface area (Å²) < 4.78 is 29.7. The summed E-state index contributed by atoms with van der Waals surface area (Å²) in [7, 11) is 1.35. The van der Waals surface area contributed by atoms with Gasteiger partial charge >= 0.3 is 5.97 Å². The van der Waals surface area contributed by atoms with Crippen LogP contribution in [0.25, 0.3) is 6.08 Å². The SMILES string of the molecule is COc1ccc(/C=C/C(=O)OF)c(C)c1F. The minimum absolute atomic E-state index is 0.114. The summed E-state index contributed by atoms with van der Waals surface area (Å²) in [5.74, 6) is -1.54. The molecule has 0 heterocycles. The van der Waals surface area contributed by atoms with Crippen LogP contribution in [0, 0.1) is 12.7 Å². The van der Waals surface area contributed by atoms with E-state index in [2.05, 4.69) is 4.94 Å². The second-order valence-corrected chi connectivity index (χ2v) is 3.03. The van der Waals surface area contributed by atoms with Crippen molar-refractivity contribution < 1.29 is 23.4 Å². The molecular formula is C11H10F2O3. The Morgan fingerprint density at radius 2 is 2.12 bits per heavy atom. The average molecular weight is 228 g/mol. The van der Waals surface area contributed by atoms with E-state index in [0.717, 1.165) is 6.08 Å². The van der Waals surface area contributed by atoms with Gasteiger partial charge in [-0.05, 0) is 30.2 Å². The van der Waals surface area contributed by atoms with Crippen molar-refractivity contribution in [2.75, 3.05) is 7.11 Å². The Hall–Kier alpha value is -1.91. The van der Waals surface area contributed by atoms with Crippen molar-refractivity contribution in [1.29, 1.82) is 0 Å². The molecule has 0 radical (unpaired) electrons. The maximum absolute atomic E-state index is 13.5. The first-order valence-electron chi connectivity index (χ1n) is 4.44. The molecule has 1 aromatic carbocycles. The van der Waals surface area contributed by atoms with E-state index in [1.807, 2.05) is 0 Å². The molecule has 0 aromatic heterocycles. The normalized spacial score (nSPS) is 10.5. The second-order valence-electron chi connectivity index (χ2n) is 3.03. The third-order valence-corrected chi connectivity index (χ3v) is 2.09. The zero-order valence-electron chi connectivity index (χ0n) is 8.79. The summed E-state index contributed by atoms with van der Waals surface area (Å²) in [6.45, 7) is 1.53. The molecule has 0 unspecified atom stereocenters. The smallest absolute Gasteiger partial charge is 0.372 e. The average Bonchev–Trinajstić information content (AvgIpc) is 2.30. The quantitative estimate of drug-likeness (QED) is 0.746. The van der Waals surface area contributed by atoms with E-state index in [0.29, 0.717) is 11.1 Å². The Bertz CT molecular complexity index is 427. The fourth-order valence-corrected chi connectivity index (χ4v) is 1.20. The molecule has 0 saturated carbocycles. The molecule has 86 valence electrons. The van der Waals surface area contributed by atoms with Crippen LogP contribution in [0.2, 0.25) is 0 Å². The monoisotopic (exact) mass is 228 g/mol. The molecule has 0 aliphatic rings. The van der Waals surface area contributed by atoms with Crippen LogP contribution >= 0.6 is 0 Å². The maximum atomic E-state index is 13.5. The molecule has 0 fully saturated rings. The minimum Gasteiger partial charge on any atom is -0.494 e. The number of rotatable bonds is 3. The van der Waals surface area contributed by atoms with Crippen LogP contribution < -0.4 is 4.74 Å². The van der Waals surface area contributed by atoms with Crippen molar-refractivity contribution in [3.8, 4) is 5.75 Å². The third kappa shape index (κ3) is 2.56. The number of hydrogen-bond donors (Lipinski definition) is 0. The first-order chi connectivity index (χ1) is 7.60. The van der Waals surface area contributed by atoms with E-state index in [-0.39, 0.29) is 5.75 Å². The van der Waals surface area contributed by atoms with Gasteiger partial charge in [-0.15, -0.1) is 0 Å². The number of methoxy groups -OCH3 is 1. The number of halogens is 2. The fourth-order valence-electron chi connectivity index (χ4n) is 1.20. The Labute approximate surface area is 91.2 Å². The van der Waals surface area contributed by atoms with E-state index in [9.17, 15) is 13.7 Å². The topological polar surface area (TPSA) is 35.5 Å². The Balaban J connectivity index is 3.03. The lowest BCUT2D eigenvalue weighted by Gasteiger charge is -2.06. The van der Waals surface area contributed by atoms with Crippen LogP contribution in [0.15, 0.2) is 18.2 Å². The van der Waals surface area contributed by atoms with Gasteiger partial charge in [-0.1, -0.05) is 6.07 Å². The van der Waals surface area contributed by atoms with Crippen LogP contribution in [-0.4, -0.2) is 13.1 Å². The van der Waals surface area contributed by atoms with Crippen LogP contribution in [0.3, 0.4) is 0 Å². The number of ether oxygens (including phenoxy) is 1. The standard InChI is InChI=1S/C11H10F2O3/c1-7-8(4-6-10(14)16-13)3-5-9(15-2)11(7)12/h3-6H,1-2H3/b6-4+. The van der Waals surface area contributed by atoms with Crippen molar-refractivity contribution >= 4 is 12.0 Å². The molecule has 5 heteroatoms. The van der Waals surface area contributed by atoms with Gasteiger partial charge in [0.05, 0.1) is 7.11 Å². The number of hydrogen-bond acceptors (Lipinski definition) is 3. The van der Waals surface area contributed by atoms with Crippen LogP contribution in [0.4, 0.5) is 8.92 Å². The summed E-state index contributed by atoms with van der Waals surface area (Å²) in [4.78, 5) is 13.4. The molecule has 0 aliphatic heterocycles. The van der Waals surface area contributed by atoms with Gasteiger partial charge in [-0.2, -0.15) is 0 Å². The zero-order chi connectivity index (χ0) is 12.1. The summed E-state index contributed by atoms with van der Waals surface area (Å²) >= 11 is 0. The van der Waals surface area contributed by atoms with Gasteiger partial charge in [0.2, 0.25) is 0 Å². The van der Waals surface area contributed by atoms with Gasteiger partial charge in [0, 0.05) is 10.6 Å². The summed E-state index contributed by atoms with van der Waals surface area (Å²) in [6.07, 6.45) is 2.13. The van der Waals surface area contributed by atoms with E-state index >= 15 is 0 Å². The lowest BCUT2D eigenvalue weighted by Crippen LogP contribution is -1.94. The largest absolute Gasteiger partial charge is 0.494 e. The van der Waals surface area contributed by atoms with E-state index in [1.54, 1.807) is 6.07 Å². The molecule has 1 aromatic rings. The van der Waals surface area contributed by atoms with Gasteiger partial charge in [0.1, 0.15) is 0 Å². The highest BCUT2D eigenvalue weighted by atomic mass is 19.3.